The van der Waals surface area contributed by atoms with Crippen molar-refractivity contribution in [1.29, 1.82) is 0 Å². The van der Waals surface area contributed by atoms with Crippen LogP contribution in [0, 0.1) is 5.92 Å². The van der Waals surface area contributed by atoms with E-state index in [1.165, 1.54) is 19.8 Å². The second-order valence-electron chi connectivity index (χ2n) is 5.36. The highest BCUT2D eigenvalue weighted by atomic mass is 16.2. The van der Waals surface area contributed by atoms with Crippen LogP contribution in [0.3, 0.4) is 0 Å². The monoisotopic (exact) mass is 274 g/mol. The van der Waals surface area contributed by atoms with Crippen molar-refractivity contribution < 1.29 is 9.59 Å². The first-order chi connectivity index (χ1) is 9.68. The van der Waals surface area contributed by atoms with E-state index in [2.05, 4.69) is 10.6 Å². The van der Waals surface area contributed by atoms with Crippen LogP contribution in [-0.4, -0.2) is 31.3 Å². The third-order valence-corrected chi connectivity index (χ3v) is 3.79. The molecule has 1 heterocycles. The second-order valence-corrected chi connectivity index (χ2v) is 5.36. The smallest absolute Gasteiger partial charge is 0.252 e. The molecule has 1 aliphatic heterocycles. The van der Waals surface area contributed by atoms with Gasteiger partial charge in [-0.05, 0) is 51.3 Å². The quantitative estimate of drug-likeness (QED) is 0.808. The fraction of sp³-hybridized carbons (Fsp3) is 0.500. The Labute approximate surface area is 119 Å². The van der Waals surface area contributed by atoms with Gasteiger partial charge in [-0.25, -0.2) is 0 Å². The zero-order chi connectivity index (χ0) is 14.4. The highest BCUT2D eigenvalue weighted by Crippen LogP contribution is 2.13. The number of Topliss-reactive ketones (excluding diaryl/α,β-unsaturated/α-hetero) is 1. The molecule has 1 aromatic rings. The van der Waals surface area contributed by atoms with Crippen LogP contribution in [0.25, 0.3) is 0 Å². The minimum atomic E-state index is -0.153. The van der Waals surface area contributed by atoms with Crippen LogP contribution in [0.15, 0.2) is 24.3 Å². The first-order valence-electron chi connectivity index (χ1n) is 7.27. The average Bonchev–Trinajstić information content (AvgIpc) is 2.48. The molecule has 2 N–H and O–H groups in total. The third-order valence-electron chi connectivity index (χ3n) is 3.79. The Bertz CT molecular complexity index is 479. The van der Waals surface area contributed by atoms with E-state index in [-0.39, 0.29) is 11.7 Å². The Balaban J connectivity index is 1.87. The molecule has 1 saturated heterocycles. The Hall–Kier alpha value is -1.68. The van der Waals surface area contributed by atoms with Gasteiger partial charge in [0.15, 0.2) is 5.78 Å². The molecule has 0 radical (unpaired) electrons. The zero-order valence-electron chi connectivity index (χ0n) is 11.9. The Morgan fingerprint density at radius 3 is 2.70 bits per heavy atom. The van der Waals surface area contributed by atoms with Gasteiger partial charge in [-0.15, -0.1) is 0 Å². The molecule has 4 nitrogen and oxygen atoms in total. The lowest BCUT2D eigenvalue weighted by Gasteiger charge is -2.22. The number of rotatable bonds is 5. The van der Waals surface area contributed by atoms with E-state index in [0.29, 0.717) is 23.6 Å². The summed E-state index contributed by atoms with van der Waals surface area (Å²) in [6.07, 6.45) is 3.43. The van der Waals surface area contributed by atoms with Crippen molar-refractivity contribution in [2.75, 3.05) is 19.6 Å². The van der Waals surface area contributed by atoms with Crippen LogP contribution in [0.4, 0.5) is 0 Å². The second kappa shape index (κ2) is 7.20. The molecular weight excluding hydrogens is 252 g/mol. The number of carbonyl (C=O) groups excluding carboxylic acids is 2. The van der Waals surface area contributed by atoms with Crippen molar-refractivity contribution in [3.8, 4) is 0 Å². The summed E-state index contributed by atoms with van der Waals surface area (Å²) in [7, 11) is 0. The molecule has 0 saturated carbocycles. The highest BCUT2D eigenvalue weighted by Gasteiger charge is 2.15. The van der Waals surface area contributed by atoms with Crippen molar-refractivity contribution in [2.24, 2.45) is 5.92 Å². The van der Waals surface area contributed by atoms with Gasteiger partial charge in [0.2, 0.25) is 0 Å². The summed E-state index contributed by atoms with van der Waals surface area (Å²) < 4.78 is 0. The van der Waals surface area contributed by atoms with Gasteiger partial charge in [-0.3, -0.25) is 9.59 Å². The largest absolute Gasteiger partial charge is 0.352 e. The van der Waals surface area contributed by atoms with Crippen LogP contribution in [0.5, 0.6) is 0 Å². The molecular formula is C16H22N2O2. The molecule has 1 aromatic carbocycles. The van der Waals surface area contributed by atoms with Crippen LogP contribution < -0.4 is 10.6 Å². The summed E-state index contributed by atoms with van der Waals surface area (Å²) in [6, 6.07) is 6.96. The van der Waals surface area contributed by atoms with E-state index < -0.39 is 0 Å². The lowest BCUT2D eigenvalue weighted by atomic mass is 9.96. The van der Waals surface area contributed by atoms with Gasteiger partial charge in [0, 0.05) is 12.1 Å². The predicted octanol–water partition coefficient (Wildman–Crippen LogP) is 2.01. The molecule has 0 aliphatic carbocycles. The van der Waals surface area contributed by atoms with Crippen LogP contribution >= 0.6 is 0 Å². The van der Waals surface area contributed by atoms with Gasteiger partial charge in [-0.2, -0.15) is 0 Å². The molecule has 0 bridgehead atoms. The number of nitrogens with one attached hydrogen (secondary N) is 2. The lowest BCUT2D eigenvalue weighted by Crippen LogP contribution is -2.33. The summed E-state index contributed by atoms with van der Waals surface area (Å²) in [4.78, 5) is 23.6. The van der Waals surface area contributed by atoms with Gasteiger partial charge < -0.3 is 10.6 Å². The first kappa shape index (κ1) is 14.7. The van der Waals surface area contributed by atoms with Gasteiger partial charge in [0.25, 0.3) is 5.91 Å². The van der Waals surface area contributed by atoms with Crippen LogP contribution in [0.1, 0.15) is 46.9 Å². The van der Waals surface area contributed by atoms with E-state index in [1.54, 1.807) is 24.3 Å². The fourth-order valence-corrected chi connectivity index (χ4v) is 2.64. The van der Waals surface area contributed by atoms with Crippen molar-refractivity contribution in [2.45, 2.75) is 26.2 Å². The number of piperidine rings is 1. The van der Waals surface area contributed by atoms with Gasteiger partial charge >= 0.3 is 0 Å². The SMILES string of the molecule is CC(=O)c1ccccc1C(=O)NCCC1CCCNC1. The summed E-state index contributed by atoms with van der Waals surface area (Å²) in [5, 5.41) is 6.29. The third kappa shape index (κ3) is 3.90. The number of benzene rings is 1. The molecule has 1 aliphatic rings. The fourth-order valence-electron chi connectivity index (χ4n) is 2.64. The molecule has 1 unspecified atom stereocenters. The Morgan fingerprint density at radius 1 is 1.30 bits per heavy atom. The molecule has 20 heavy (non-hydrogen) atoms. The minimum absolute atomic E-state index is 0.0766. The van der Waals surface area contributed by atoms with Crippen LogP contribution in [0.2, 0.25) is 0 Å². The van der Waals surface area contributed by atoms with Gasteiger partial charge in [-0.1, -0.05) is 18.2 Å². The van der Waals surface area contributed by atoms with Crippen molar-refractivity contribution in [3.05, 3.63) is 35.4 Å². The van der Waals surface area contributed by atoms with Crippen molar-refractivity contribution in [1.82, 2.24) is 10.6 Å². The maximum absolute atomic E-state index is 12.1. The van der Waals surface area contributed by atoms with E-state index >= 15 is 0 Å². The van der Waals surface area contributed by atoms with Crippen molar-refractivity contribution in [3.63, 3.8) is 0 Å². The average molecular weight is 274 g/mol. The van der Waals surface area contributed by atoms with Crippen LogP contribution in [-0.2, 0) is 0 Å². The number of hydrogen-bond donors (Lipinski definition) is 2. The summed E-state index contributed by atoms with van der Waals surface area (Å²) >= 11 is 0. The molecule has 2 rings (SSSR count). The lowest BCUT2D eigenvalue weighted by molar-refractivity contribution is 0.0936. The molecule has 1 fully saturated rings. The summed E-state index contributed by atoms with van der Waals surface area (Å²) in [6.45, 7) is 4.30. The van der Waals surface area contributed by atoms with Gasteiger partial charge in [0.1, 0.15) is 0 Å². The maximum atomic E-state index is 12.1. The first-order valence-corrected chi connectivity index (χ1v) is 7.27. The normalized spacial score (nSPS) is 18.6. The number of amides is 1. The minimum Gasteiger partial charge on any atom is -0.352 e. The van der Waals surface area contributed by atoms with Crippen molar-refractivity contribution >= 4 is 11.7 Å². The number of carbonyl (C=O) groups is 2. The highest BCUT2D eigenvalue weighted by molar-refractivity contribution is 6.07. The predicted molar refractivity (Wildman–Crippen MR) is 79.0 cm³/mol. The standard InChI is InChI=1S/C16H22N2O2/c1-12(19)14-6-2-3-7-15(14)16(20)18-10-8-13-5-4-9-17-11-13/h2-3,6-7,13,17H,4-5,8-11H2,1H3,(H,18,20). The van der Waals surface area contributed by atoms with E-state index in [9.17, 15) is 9.59 Å². The molecule has 4 heteroatoms. The van der Waals surface area contributed by atoms with E-state index in [4.69, 9.17) is 0 Å². The molecule has 1 amide bonds. The number of hydrogen-bond acceptors (Lipinski definition) is 3. The van der Waals surface area contributed by atoms with E-state index in [0.717, 1.165) is 19.5 Å². The maximum Gasteiger partial charge on any atom is 0.252 e. The Kier molecular flexibility index (Phi) is 5.30. The molecule has 0 aromatic heterocycles. The topological polar surface area (TPSA) is 58.2 Å². The van der Waals surface area contributed by atoms with E-state index in [1.807, 2.05) is 0 Å². The Morgan fingerprint density at radius 2 is 2.05 bits per heavy atom. The zero-order valence-corrected chi connectivity index (χ0v) is 11.9. The molecule has 1 atom stereocenters. The molecule has 108 valence electrons. The summed E-state index contributed by atoms with van der Waals surface area (Å²) in [5.74, 6) is 0.416. The summed E-state index contributed by atoms with van der Waals surface area (Å²) in [5.41, 5.74) is 0.964. The molecule has 0 spiro atoms. The number of ketones is 1. The van der Waals surface area contributed by atoms with Gasteiger partial charge in [0.05, 0.1) is 5.56 Å².